The molecule has 1 rings (SSSR count). The monoisotopic (exact) mass is 294 g/mol. The van der Waals surface area contributed by atoms with E-state index in [1.165, 1.54) is 0 Å². The van der Waals surface area contributed by atoms with E-state index in [1.807, 2.05) is 31.2 Å². The van der Waals surface area contributed by atoms with Crippen molar-refractivity contribution in [3.63, 3.8) is 0 Å². The first kappa shape index (κ1) is 17.1. The number of aliphatic carboxylic acids is 1. The lowest BCUT2D eigenvalue weighted by atomic mass is 10.2. The van der Waals surface area contributed by atoms with Gasteiger partial charge in [0.1, 0.15) is 0 Å². The molecule has 0 bridgehead atoms. The predicted octanol–water partition coefficient (Wildman–Crippen LogP) is 1.36. The number of aryl methyl sites for hydroxylation is 1. The summed E-state index contributed by atoms with van der Waals surface area (Å²) in [5.41, 5.74) is 1.85. The molecule has 116 valence electrons. The van der Waals surface area contributed by atoms with Gasteiger partial charge in [0, 0.05) is 25.9 Å². The van der Waals surface area contributed by atoms with Crippen LogP contribution in [0, 0.1) is 6.92 Å². The van der Waals surface area contributed by atoms with Crippen LogP contribution < -0.4 is 5.32 Å². The topological polar surface area (TPSA) is 78.9 Å². The van der Waals surface area contributed by atoms with Crippen LogP contribution in [0.3, 0.4) is 0 Å². The van der Waals surface area contributed by atoms with E-state index < -0.39 is 5.97 Å². The number of rotatable bonds is 9. The lowest BCUT2D eigenvalue weighted by Gasteiger charge is -2.20. The summed E-state index contributed by atoms with van der Waals surface area (Å²) in [6.45, 7) is 3.41. The molecule has 0 radical (unpaired) electrons. The molecule has 0 aromatic heterocycles. The predicted molar refractivity (Wildman–Crippen MR) is 80.4 cm³/mol. The van der Waals surface area contributed by atoms with Gasteiger partial charge in [-0.3, -0.25) is 14.5 Å². The van der Waals surface area contributed by atoms with E-state index in [-0.39, 0.29) is 18.9 Å². The summed E-state index contributed by atoms with van der Waals surface area (Å²) in [4.78, 5) is 24.4. The number of carbonyl (C=O) groups is 2. The Labute approximate surface area is 124 Å². The van der Waals surface area contributed by atoms with Crippen molar-refractivity contribution in [3.05, 3.63) is 29.8 Å². The molecular formula is C15H22N2O4. The smallest absolute Gasteiger partial charge is 0.304 e. The number of hydrogen-bond acceptors (Lipinski definition) is 4. The minimum atomic E-state index is -0.878. The summed E-state index contributed by atoms with van der Waals surface area (Å²) in [5.74, 6) is -1.04. The van der Waals surface area contributed by atoms with Crippen LogP contribution in [-0.4, -0.2) is 55.2 Å². The highest BCUT2D eigenvalue weighted by Crippen LogP contribution is 2.08. The van der Waals surface area contributed by atoms with Crippen LogP contribution in [0.15, 0.2) is 24.3 Å². The van der Waals surface area contributed by atoms with Gasteiger partial charge in [0.25, 0.3) is 0 Å². The van der Waals surface area contributed by atoms with Crippen LogP contribution in [0.4, 0.5) is 5.69 Å². The van der Waals surface area contributed by atoms with Gasteiger partial charge in [0.15, 0.2) is 0 Å². The fourth-order valence-corrected chi connectivity index (χ4v) is 1.78. The van der Waals surface area contributed by atoms with Crippen molar-refractivity contribution in [2.75, 3.05) is 38.7 Å². The number of anilines is 1. The summed E-state index contributed by atoms with van der Waals surface area (Å²) in [7, 11) is 1.57. The second-order valence-electron chi connectivity index (χ2n) is 4.83. The molecule has 0 heterocycles. The Morgan fingerprint density at radius 1 is 1.24 bits per heavy atom. The Morgan fingerprint density at radius 2 is 1.90 bits per heavy atom. The summed E-state index contributed by atoms with van der Waals surface area (Å²) in [5, 5.41) is 11.5. The molecule has 6 nitrogen and oxygen atoms in total. The van der Waals surface area contributed by atoms with Gasteiger partial charge in [0.2, 0.25) is 5.91 Å². The molecule has 2 N–H and O–H groups in total. The highest BCUT2D eigenvalue weighted by molar-refractivity contribution is 5.92. The largest absolute Gasteiger partial charge is 0.481 e. The molecule has 0 fully saturated rings. The van der Waals surface area contributed by atoms with Crippen molar-refractivity contribution in [1.82, 2.24) is 4.90 Å². The van der Waals surface area contributed by atoms with Crippen LogP contribution in [0.5, 0.6) is 0 Å². The third-order valence-corrected chi connectivity index (χ3v) is 2.96. The molecule has 21 heavy (non-hydrogen) atoms. The zero-order chi connectivity index (χ0) is 15.7. The molecule has 6 heteroatoms. The molecule has 1 aromatic carbocycles. The van der Waals surface area contributed by atoms with Gasteiger partial charge in [-0.15, -0.1) is 0 Å². The third-order valence-electron chi connectivity index (χ3n) is 2.96. The number of methoxy groups -OCH3 is 1. The molecule has 0 saturated heterocycles. The number of benzene rings is 1. The first-order valence-electron chi connectivity index (χ1n) is 6.81. The maximum atomic E-state index is 12.0. The Morgan fingerprint density at radius 3 is 2.48 bits per heavy atom. The Bertz CT molecular complexity index is 459. The SMILES string of the molecule is COCCN(CCC(=O)O)CC(=O)Nc1ccc(C)cc1. The number of carboxylic acids is 1. The van der Waals surface area contributed by atoms with Gasteiger partial charge in [-0.1, -0.05) is 17.7 Å². The maximum Gasteiger partial charge on any atom is 0.304 e. The average Bonchev–Trinajstić information content (AvgIpc) is 2.44. The van der Waals surface area contributed by atoms with Gasteiger partial charge < -0.3 is 15.2 Å². The van der Waals surface area contributed by atoms with Crippen molar-refractivity contribution in [1.29, 1.82) is 0 Å². The fraction of sp³-hybridized carbons (Fsp3) is 0.467. The average molecular weight is 294 g/mol. The third kappa shape index (κ3) is 7.43. The van der Waals surface area contributed by atoms with Gasteiger partial charge >= 0.3 is 5.97 Å². The second kappa shape index (κ2) is 9.10. The minimum Gasteiger partial charge on any atom is -0.481 e. The van der Waals surface area contributed by atoms with Crippen molar-refractivity contribution >= 4 is 17.6 Å². The minimum absolute atomic E-state index is 0.00151. The maximum absolute atomic E-state index is 12.0. The molecule has 0 unspecified atom stereocenters. The van der Waals surface area contributed by atoms with Crippen LogP contribution in [0.25, 0.3) is 0 Å². The van der Waals surface area contributed by atoms with E-state index in [0.29, 0.717) is 19.7 Å². The molecule has 1 amide bonds. The van der Waals surface area contributed by atoms with Crippen LogP contribution in [0.1, 0.15) is 12.0 Å². The number of amides is 1. The number of carbonyl (C=O) groups excluding carboxylic acids is 1. The lowest BCUT2D eigenvalue weighted by Crippen LogP contribution is -2.36. The Balaban J connectivity index is 2.49. The number of nitrogens with zero attached hydrogens (tertiary/aromatic N) is 1. The van der Waals surface area contributed by atoms with Crippen molar-refractivity contribution in [2.45, 2.75) is 13.3 Å². The lowest BCUT2D eigenvalue weighted by molar-refractivity contribution is -0.137. The van der Waals surface area contributed by atoms with E-state index in [9.17, 15) is 9.59 Å². The molecule has 0 aliphatic carbocycles. The van der Waals surface area contributed by atoms with Gasteiger partial charge in [-0.05, 0) is 19.1 Å². The zero-order valence-corrected chi connectivity index (χ0v) is 12.5. The number of carboxylic acid groups (broad SMARTS) is 1. The van der Waals surface area contributed by atoms with E-state index in [0.717, 1.165) is 11.3 Å². The summed E-state index contributed by atoms with van der Waals surface area (Å²) >= 11 is 0. The van der Waals surface area contributed by atoms with Gasteiger partial charge in [-0.25, -0.2) is 0 Å². The molecule has 0 aliphatic heterocycles. The summed E-state index contributed by atoms with van der Waals surface area (Å²) in [6.07, 6.45) is 0.00151. The van der Waals surface area contributed by atoms with Crippen LogP contribution in [0.2, 0.25) is 0 Å². The summed E-state index contributed by atoms with van der Waals surface area (Å²) in [6, 6.07) is 7.51. The zero-order valence-electron chi connectivity index (χ0n) is 12.5. The number of hydrogen-bond donors (Lipinski definition) is 2. The Kier molecular flexibility index (Phi) is 7.42. The molecule has 0 aliphatic rings. The highest BCUT2D eigenvalue weighted by atomic mass is 16.5. The van der Waals surface area contributed by atoms with Gasteiger partial charge in [-0.2, -0.15) is 0 Å². The molecular weight excluding hydrogens is 272 g/mol. The standard InChI is InChI=1S/C15H22N2O4/c1-12-3-5-13(6-4-12)16-14(18)11-17(9-10-21-2)8-7-15(19)20/h3-6H,7-11H2,1-2H3,(H,16,18)(H,19,20). The van der Waals surface area contributed by atoms with E-state index >= 15 is 0 Å². The second-order valence-corrected chi connectivity index (χ2v) is 4.83. The molecule has 1 aromatic rings. The molecule has 0 saturated carbocycles. The van der Waals surface area contributed by atoms with E-state index in [2.05, 4.69) is 5.32 Å². The fourth-order valence-electron chi connectivity index (χ4n) is 1.78. The quantitative estimate of drug-likeness (QED) is 0.719. The summed E-state index contributed by atoms with van der Waals surface area (Å²) < 4.78 is 4.97. The van der Waals surface area contributed by atoms with Crippen LogP contribution in [-0.2, 0) is 14.3 Å². The normalized spacial score (nSPS) is 10.6. The first-order chi connectivity index (χ1) is 10.0. The molecule has 0 spiro atoms. The highest BCUT2D eigenvalue weighted by Gasteiger charge is 2.12. The van der Waals surface area contributed by atoms with E-state index in [4.69, 9.17) is 9.84 Å². The Hall–Kier alpha value is -1.92. The van der Waals surface area contributed by atoms with Crippen molar-refractivity contribution in [2.24, 2.45) is 0 Å². The van der Waals surface area contributed by atoms with Gasteiger partial charge in [0.05, 0.1) is 19.6 Å². The number of ether oxygens (including phenoxy) is 1. The number of nitrogens with one attached hydrogen (secondary N) is 1. The molecule has 0 atom stereocenters. The van der Waals surface area contributed by atoms with Crippen LogP contribution >= 0.6 is 0 Å². The van der Waals surface area contributed by atoms with Crippen molar-refractivity contribution < 1.29 is 19.4 Å². The van der Waals surface area contributed by atoms with E-state index in [1.54, 1.807) is 12.0 Å². The first-order valence-corrected chi connectivity index (χ1v) is 6.81. The van der Waals surface area contributed by atoms with Crippen molar-refractivity contribution in [3.8, 4) is 0 Å².